The summed E-state index contributed by atoms with van der Waals surface area (Å²) >= 11 is 18.0. The average Bonchev–Trinajstić information content (AvgIpc) is 3.30. The van der Waals surface area contributed by atoms with Gasteiger partial charge in [0, 0.05) is 13.2 Å². The Hall–Kier alpha value is -1.33. The number of carbonyl (C=O) groups excluding carboxylic acids is 1. The van der Waals surface area contributed by atoms with E-state index in [4.69, 9.17) is 48.4 Å². The van der Waals surface area contributed by atoms with Gasteiger partial charge in [-0.25, -0.2) is 4.79 Å². The fourth-order valence-corrected chi connectivity index (χ4v) is 12.8. The largest absolute Gasteiger partial charge is 0.445 e. The van der Waals surface area contributed by atoms with Crippen molar-refractivity contribution in [2.45, 2.75) is 112 Å². The van der Waals surface area contributed by atoms with Crippen LogP contribution >= 0.6 is 34.8 Å². The van der Waals surface area contributed by atoms with Crippen molar-refractivity contribution in [1.29, 1.82) is 0 Å². The number of rotatable bonds is 9. The molecule has 1 aliphatic carbocycles. The number of likely N-dealkylation sites (tertiary alicyclic amines) is 1. The van der Waals surface area contributed by atoms with E-state index in [9.17, 15) is 4.79 Å². The highest BCUT2D eigenvalue weighted by Gasteiger charge is 2.56. The molecule has 5 nitrogen and oxygen atoms in total. The van der Waals surface area contributed by atoms with Crippen molar-refractivity contribution in [3.8, 4) is 0 Å². The van der Waals surface area contributed by atoms with Crippen LogP contribution in [0.3, 0.4) is 0 Å². The van der Waals surface area contributed by atoms with Gasteiger partial charge < -0.3 is 13.6 Å². The van der Waals surface area contributed by atoms with Crippen LogP contribution in [-0.2, 0) is 13.6 Å². The van der Waals surface area contributed by atoms with Gasteiger partial charge in [0.1, 0.15) is 6.61 Å². The van der Waals surface area contributed by atoms with Gasteiger partial charge in [-0.1, -0.05) is 149 Å². The van der Waals surface area contributed by atoms with E-state index in [0.29, 0.717) is 19.6 Å². The van der Waals surface area contributed by atoms with Gasteiger partial charge in [0.25, 0.3) is 8.32 Å². The Labute approximate surface area is 294 Å². The van der Waals surface area contributed by atoms with Crippen LogP contribution in [0.2, 0.25) is 23.2 Å². The molecule has 0 unspecified atom stereocenters. The maximum atomic E-state index is 13.8. The lowest BCUT2D eigenvalue weighted by Gasteiger charge is -2.44. The number of benzene rings is 2. The Morgan fingerprint density at radius 1 is 0.913 bits per heavy atom. The fraction of sp³-hybridized carbons (Fsp3) is 0.583. The molecule has 1 amide bonds. The minimum Gasteiger partial charge on any atom is -0.445 e. The second-order valence-corrected chi connectivity index (χ2v) is 27.1. The fourth-order valence-electron chi connectivity index (χ4n) is 6.88. The predicted molar refractivity (Wildman–Crippen MR) is 198 cm³/mol. The number of hydrogen-bond acceptors (Lipinski definition) is 4. The van der Waals surface area contributed by atoms with E-state index in [-0.39, 0.29) is 22.8 Å². The third-order valence-corrected chi connectivity index (χ3v) is 20.2. The van der Waals surface area contributed by atoms with Gasteiger partial charge in [-0.05, 0) is 65.6 Å². The van der Waals surface area contributed by atoms with Crippen LogP contribution < -0.4 is 10.4 Å². The number of halogens is 3. The molecule has 1 spiro atoms. The maximum Gasteiger partial charge on any atom is 0.410 e. The highest BCUT2D eigenvalue weighted by Crippen LogP contribution is 2.47. The molecule has 0 saturated carbocycles. The lowest BCUT2D eigenvalue weighted by atomic mass is 9.78. The van der Waals surface area contributed by atoms with E-state index in [0.717, 1.165) is 25.7 Å². The summed E-state index contributed by atoms with van der Waals surface area (Å²) in [6.07, 6.45) is 5.66. The minimum absolute atomic E-state index is 0.148. The smallest absolute Gasteiger partial charge is 0.410 e. The Morgan fingerprint density at radius 3 is 1.98 bits per heavy atom. The summed E-state index contributed by atoms with van der Waals surface area (Å²) in [4.78, 5) is 15.7. The average molecular weight is 725 g/mol. The molecule has 0 N–H and O–H groups in total. The monoisotopic (exact) mass is 723 g/mol. The van der Waals surface area contributed by atoms with Gasteiger partial charge in [0.05, 0.1) is 11.6 Å². The predicted octanol–water partition coefficient (Wildman–Crippen LogP) is 9.41. The SMILES string of the molecule is CC(C)(C)[Si](C)(C)OCCC1=CCC[C@]2(C1)C[C@@H](O[Si](c1ccccc1)(c1ccccc1)C(C)(C)C)CN2C(=O)OCC(Cl)(Cl)Cl. The molecule has 2 aromatic carbocycles. The van der Waals surface area contributed by atoms with E-state index in [1.54, 1.807) is 0 Å². The number of carbonyl (C=O) groups is 1. The molecule has 1 fully saturated rings. The van der Waals surface area contributed by atoms with E-state index in [2.05, 4.69) is 109 Å². The Balaban J connectivity index is 1.67. The Kier molecular flexibility index (Phi) is 11.6. The molecule has 2 aromatic rings. The lowest BCUT2D eigenvalue weighted by Crippen LogP contribution is -2.67. The van der Waals surface area contributed by atoms with Crippen LogP contribution in [0, 0.1) is 0 Å². The van der Waals surface area contributed by atoms with Crippen molar-refractivity contribution >= 4 is 67.9 Å². The van der Waals surface area contributed by atoms with Crippen LogP contribution in [0.1, 0.15) is 73.6 Å². The molecule has 2 atom stereocenters. The third kappa shape index (κ3) is 8.45. The first-order chi connectivity index (χ1) is 21.3. The summed E-state index contributed by atoms with van der Waals surface area (Å²) in [6.45, 7) is 19.0. The van der Waals surface area contributed by atoms with Crippen LogP contribution in [0.15, 0.2) is 72.3 Å². The standard InChI is InChI=1S/C36H52Cl3NO4Si2/c1-33(2,3)45(7,8)43-23-21-28-16-15-22-35(24-28)25-29(26-40(35)32(41)42-27-36(37,38)39)44-46(34(4,5)6,30-17-11-9-12-18-30)31-19-13-10-14-20-31/h9-14,16-20,29H,15,21-27H2,1-8H3/t29-,35+/m1/s1. The molecule has 10 heteroatoms. The molecule has 4 rings (SSSR count). The number of nitrogens with zero attached hydrogens (tertiary/aromatic N) is 1. The second kappa shape index (κ2) is 14.3. The van der Waals surface area contributed by atoms with E-state index in [1.165, 1.54) is 15.9 Å². The molecule has 1 aliphatic heterocycles. The van der Waals surface area contributed by atoms with Gasteiger partial charge >= 0.3 is 6.09 Å². The molecule has 0 bridgehead atoms. The van der Waals surface area contributed by atoms with E-state index < -0.39 is 32.1 Å². The molecule has 1 saturated heterocycles. The van der Waals surface area contributed by atoms with E-state index >= 15 is 0 Å². The van der Waals surface area contributed by atoms with Gasteiger partial charge in [-0.3, -0.25) is 4.90 Å². The lowest BCUT2D eigenvalue weighted by molar-refractivity contribution is 0.0644. The van der Waals surface area contributed by atoms with Crippen molar-refractivity contribution in [2.75, 3.05) is 19.8 Å². The molecule has 0 aromatic heterocycles. The first-order valence-electron chi connectivity index (χ1n) is 16.4. The van der Waals surface area contributed by atoms with Crippen molar-refractivity contribution in [2.24, 2.45) is 0 Å². The highest BCUT2D eigenvalue weighted by atomic mass is 35.6. The van der Waals surface area contributed by atoms with Crippen LogP contribution in [-0.4, -0.2) is 62.8 Å². The van der Waals surface area contributed by atoms with Crippen LogP contribution in [0.25, 0.3) is 0 Å². The zero-order valence-electron chi connectivity index (χ0n) is 28.8. The van der Waals surface area contributed by atoms with Gasteiger partial charge in [0.2, 0.25) is 3.79 Å². The molecular formula is C36H52Cl3NO4Si2. The summed E-state index contributed by atoms with van der Waals surface area (Å²) in [5, 5.41) is 2.39. The third-order valence-electron chi connectivity index (χ3n) is 10.2. The quantitative estimate of drug-likeness (QED) is 0.147. The molecular weight excluding hydrogens is 673 g/mol. The number of ether oxygens (including phenoxy) is 1. The molecule has 0 radical (unpaired) electrons. The first kappa shape index (κ1) is 37.5. The van der Waals surface area contributed by atoms with Gasteiger partial charge in [-0.2, -0.15) is 0 Å². The number of hydrogen-bond donors (Lipinski definition) is 0. The topological polar surface area (TPSA) is 48.0 Å². The maximum absolute atomic E-state index is 13.8. The second-order valence-electron chi connectivity index (χ2n) is 15.5. The first-order valence-corrected chi connectivity index (χ1v) is 22.4. The normalized spacial score (nSPS) is 21.4. The Bertz CT molecular complexity index is 1310. The molecule has 254 valence electrons. The summed E-state index contributed by atoms with van der Waals surface area (Å²) in [7, 11) is -4.73. The molecule has 1 heterocycles. The Morgan fingerprint density at radius 2 is 1.48 bits per heavy atom. The van der Waals surface area contributed by atoms with Crippen molar-refractivity contribution < 1.29 is 18.4 Å². The van der Waals surface area contributed by atoms with E-state index in [1.807, 2.05) is 17.0 Å². The van der Waals surface area contributed by atoms with Gasteiger partial charge in [-0.15, -0.1) is 0 Å². The van der Waals surface area contributed by atoms with Gasteiger partial charge in [0.15, 0.2) is 8.32 Å². The number of allylic oxidation sites excluding steroid dienone is 1. The number of amides is 1. The zero-order valence-corrected chi connectivity index (χ0v) is 33.1. The summed E-state index contributed by atoms with van der Waals surface area (Å²) in [5.74, 6) is 0. The van der Waals surface area contributed by atoms with Crippen molar-refractivity contribution in [3.05, 3.63) is 72.3 Å². The minimum atomic E-state index is -2.86. The summed E-state index contributed by atoms with van der Waals surface area (Å²) in [5.41, 5.74) is 0.858. The van der Waals surface area contributed by atoms with Crippen molar-refractivity contribution in [3.63, 3.8) is 0 Å². The molecule has 46 heavy (non-hydrogen) atoms. The zero-order chi connectivity index (χ0) is 34.0. The van der Waals surface area contributed by atoms with Crippen LogP contribution in [0.5, 0.6) is 0 Å². The molecule has 2 aliphatic rings. The van der Waals surface area contributed by atoms with Crippen molar-refractivity contribution in [1.82, 2.24) is 4.90 Å². The van der Waals surface area contributed by atoms with Crippen LogP contribution in [0.4, 0.5) is 4.79 Å². The summed E-state index contributed by atoms with van der Waals surface area (Å²) < 4.78 is 18.1. The summed E-state index contributed by atoms with van der Waals surface area (Å²) in [6, 6.07) is 21.3. The number of alkyl halides is 3. The highest BCUT2D eigenvalue weighted by molar-refractivity contribution is 6.99.